The molecule has 0 unspecified atom stereocenters. The van der Waals surface area contributed by atoms with Crippen LogP contribution in [0.5, 0.6) is 0 Å². The number of sulfonamides is 1. The fraction of sp³-hybridized carbons (Fsp3) is 0.174. The van der Waals surface area contributed by atoms with Crippen LogP contribution in [-0.2, 0) is 10.0 Å². The van der Waals surface area contributed by atoms with Gasteiger partial charge in [-0.25, -0.2) is 13.4 Å². The number of benzene rings is 2. The minimum atomic E-state index is -3.79. The summed E-state index contributed by atoms with van der Waals surface area (Å²) in [7, 11) is -3.79. The topological polar surface area (TPSA) is 88.1 Å². The summed E-state index contributed by atoms with van der Waals surface area (Å²) in [6.45, 7) is 2.00. The lowest BCUT2D eigenvalue weighted by Crippen LogP contribution is -2.18. The van der Waals surface area contributed by atoms with Crippen molar-refractivity contribution in [2.24, 2.45) is 0 Å². The van der Waals surface area contributed by atoms with Gasteiger partial charge in [0.2, 0.25) is 0 Å². The predicted octanol–water partition coefficient (Wildman–Crippen LogP) is 4.75. The summed E-state index contributed by atoms with van der Waals surface area (Å²) in [4.78, 5) is 6.69. The first kappa shape index (κ1) is 20.7. The van der Waals surface area contributed by atoms with Gasteiger partial charge in [0.1, 0.15) is 0 Å². The zero-order valence-corrected chi connectivity index (χ0v) is 18.6. The molecule has 1 aliphatic heterocycles. The van der Waals surface area contributed by atoms with E-state index < -0.39 is 10.0 Å². The first-order chi connectivity index (χ1) is 15.5. The minimum absolute atomic E-state index is 0.0812. The summed E-state index contributed by atoms with van der Waals surface area (Å²) in [5.41, 5.74) is 3.72. The number of pyridine rings is 1. The Kier molecular flexibility index (Phi) is 5.40. The van der Waals surface area contributed by atoms with Gasteiger partial charge in [-0.3, -0.25) is 4.72 Å². The van der Waals surface area contributed by atoms with Crippen molar-refractivity contribution < 1.29 is 8.42 Å². The van der Waals surface area contributed by atoms with Crippen LogP contribution < -0.4 is 9.62 Å². The third kappa shape index (κ3) is 3.99. The second-order valence-electron chi connectivity index (χ2n) is 7.64. The molecule has 0 spiro atoms. The number of rotatable bonds is 5. The average molecular weight is 466 g/mol. The highest BCUT2D eigenvalue weighted by Gasteiger charge is 2.18. The van der Waals surface area contributed by atoms with Gasteiger partial charge in [0.15, 0.2) is 5.15 Å². The predicted molar refractivity (Wildman–Crippen MR) is 126 cm³/mol. The van der Waals surface area contributed by atoms with E-state index in [0.717, 1.165) is 53.6 Å². The lowest BCUT2D eigenvalue weighted by molar-refractivity contribution is 0.601. The lowest BCUT2D eigenvalue weighted by Gasteiger charge is -2.19. The summed E-state index contributed by atoms with van der Waals surface area (Å²) >= 11 is 6.22. The van der Waals surface area contributed by atoms with Gasteiger partial charge in [-0.2, -0.15) is 10.2 Å². The Bertz CT molecular complexity index is 1390. The normalized spacial score (nSPS) is 14.1. The average Bonchev–Trinajstić information content (AvgIpc) is 3.35. The molecular formula is C23H20ClN5O2S. The molecule has 1 fully saturated rings. The molecule has 7 nitrogen and oxygen atoms in total. The van der Waals surface area contributed by atoms with Crippen molar-refractivity contribution in [3.8, 4) is 11.1 Å². The van der Waals surface area contributed by atoms with E-state index in [2.05, 4.69) is 24.8 Å². The number of hydrogen-bond donors (Lipinski definition) is 1. The molecule has 2 aromatic heterocycles. The van der Waals surface area contributed by atoms with Gasteiger partial charge in [-0.05, 0) is 48.7 Å². The summed E-state index contributed by atoms with van der Waals surface area (Å²) in [5.74, 6) is 0. The molecule has 3 heterocycles. The van der Waals surface area contributed by atoms with Gasteiger partial charge >= 0.3 is 0 Å². The Morgan fingerprint density at radius 1 is 0.938 bits per heavy atom. The van der Waals surface area contributed by atoms with Crippen LogP contribution in [-0.4, -0.2) is 36.7 Å². The molecule has 0 bridgehead atoms. The van der Waals surface area contributed by atoms with E-state index in [0.29, 0.717) is 0 Å². The molecule has 0 aliphatic carbocycles. The molecule has 1 saturated heterocycles. The van der Waals surface area contributed by atoms with Crippen LogP contribution in [0.4, 0.5) is 11.4 Å². The molecule has 0 radical (unpaired) electrons. The smallest absolute Gasteiger partial charge is 0.261 e. The molecule has 0 atom stereocenters. The molecule has 0 saturated carbocycles. The summed E-state index contributed by atoms with van der Waals surface area (Å²) in [6, 6.07) is 15.7. The summed E-state index contributed by atoms with van der Waals surface area (Å²) in [6.07, 6.45) is 5.76. The van der Waals surface area contributed by atoms with Crippen LogP contribution in [0.2, 0.25) is 5.15 Å². The molecule has 32 heavy (non-hydrogen) atoms. The maximum Gasteiger partial charge on any atom is 0.261 e. The van der Waals surface area contributed by atoms with Crippen molar-refractivity contribution in [3.63, 3.8) is 0 Å². The monoisotopic (exact) mass is 465 g/mol. The van der Waals surface area contributed by atoms with Crippen LogP contribution in [0.25, 0.3) is 22.0 Å². The number of anilines is 2. The van der Waals surface area contributed by atoms with Crippen molar-refractivity contribution in [2.75, 3.05) is 22.7 Å². The van der Waals surface area contributed by atoms with Gasteiger partial charge in [0, 0.05) is 30.2 Å². The van der Waals surface area contributed by atoms with Crippen molar-refractivity contribution in [2.45, 2.75) is 17.7 Å². The van der Waals surface area contributed by atoms with Crippen molar-refractivity contribution in [3.05, 3.63) is 72.1 Å². The van der Waals surface area contributed by atoms with Crippen molar-refractivity contribution in [1.82, 2.24) is 15.2 Å². The number of aromatic nitrogens is 3. The van der Waals surface area contributed by atoms with Crippen molar-refractivity contribution >= 4 is 43.9 Å². The minimum Gasteiger partial charge on any atom is -0.370 e. The first-order valence-corrected chi connectivity index (χ1v) is 12.1. The Hall–Kier alpha value is -3.23. The molecule has 9 heteroatoms. The molecule has 162 valence electrons. The van der Waals surface area contributed by atoms with Gasteiger partial charge in [0.05, 0.1) is 28.0 Å². The van der Waals surface area contributed by atoms with Crippen LogP contribution in [0.1, 0.15) is 12.8 Å². The number of hydrogen-bond acceptors (Lipinski definition) is 6. The third-order valence-corrected chi connectivity index (χ3v) is 7.22. The fourth-order valence-corrected chi connectivity index (χ4v) is 5.20. The quantitative estimate of drug-likeness (QED) is 0.428. The van der Waals surface area contributed by atoms with E-state index in [4.69, 9.17) is 11.6 Å². The van der Waals surface area contributed by atoms with E-state index in [1.165, 1.54) is 12.1 Å². The molecular weight excluding hydrogens is 446 g/mol. The fourth-order valence-electron chi connectivity index (χ4n) is 3.91. The standard InChI is InChI=1S/C23H20ClN5O2S/c24-23-21(28-32(30,31)18-6-2-1-3-7-18)13-17(14-25-23)16-8-9-20-19(12-16)22(15-26-27-20)29-10-4-5-11-29/h1-3,6-9,12-15,28H,4-5,10-11H2. The van der Waals surface area contributed by atoms with Gasteiger partial charge in [-0.1, -0.05) is 35.9 Å². The number of halogens is 1. The summed E-state index contributed by atoms with van der Waals surface area (Å²) < 4.78 is 28.1. The Morgan fingerprint density at radius 2 is 1.72 bits per heavy atom. The highest BCUT2D eigenvalue weighted by atomic mass is 35.5. The molecule has 1 N–H and O–H groups in total. The van der Waals surface area contributed by atoms with Gasteiger partial charge < -0.3 is 4.90 Å². The highest BCUT2D eigenvalue weighted by molar-refractivity contribution is 7.92. The zero-order valence-electron chi connectivity index (χ0n) is 17.1. The van der Waals surface area contributed by atoms with E-state index >= 15 is 0 Å². The van der Waals surface area contributed by atoms with Crippen LogP contribution in [0.3, 0.4) is 0 Å². The van der Waals surface area contributed by atoms with E-state index in [-0.39, 0.29) is 15.7 Å². The molecule has 2 aromatic carbocycles. The van der Waals surface area contributed by atoms with Crippen LogP contribution in [0.15, 0.2) is 71.9 Å². The second kappa shape index (κ2) is 8.37. The molecule has 4 aromatic rings. The molecule has 0 amide bonds. The second-order valence-corrected chi connectivity index (χ2v) is 9.68. The van der Waals surface area contributed by atoms with Crippen LogP contribution in [0, 0.1) is 0 Å². The van der Waals surface area contributed by atoms with Gasteiger partial charge in [0.25, 0.3) is 10.0 Å². The van der Waals surface area contributed by atoms with Crippen LogP contribution >= 0.6 is 11.6 Å². The maximum atomic E-state index is 12.7. The van der Waals surface area contributed by atoms with E-state index in [9.17, 15) is 8.42 Å². The Morgan fingerprint density at radius 3 is 2.50 bits per heavy atom. The SMILES string of the molecule is O=S(=O)(Nc1cc(-c2ccc3nncc(N4CCCC4)c3c2)cnc1Cl)c1ccccc1. The molecule has 1 aliphatic rings. The Labute approximate surface area is 191 Å². The largest absolute Gasteiger partial charge is 0.370 e. The highest BCUT2D eigenvalue weighted by Crippen LogP contribution is 2.33. The first-order valence-electron chi connectivity index (χ1n) is 10.3. The number of nitrogens with one attached hydrogen (secondary N) is 1. The third-order valence-electron chi connectivity index (χ3n) is 5.53. The number of nitrogens with zero attached hydrogens (tertiary/aromatic N) is 4. The maximum absolute atomic E-state index is 12.7. The Balaban J connectivity index is 1.54. The zero-order chi connectivity index (χ0) is 22.1. The lowest BCUT2D eigenvalue weighted by atomic mass is 10.0. The van der Waals surface area contributed by atoms with Gasteiger partial charge in [-0.15, -0.1) is 0 Å². The van der Waals surface area contributed by atoms with E-state index in [1.807, 2.05) is 18.2 Å². The van der Waals surface area contributed by atoms with Crippen molar-refractivity contribution in [1.29, 1.82) is 0 Å². The molecule has 5 rings (SSSR count). The summed E-state index contributed by atoms with van der Waals surface area (Å²) in [5, 5.41) is 9.50. The van der Waals surface area contributed by atoms with E-state index in [1.54, 1.807) is 36.7 Å². The number of fused-ring (bicyclic) bond motifs is 1.